The number of carbonyl (C=O) groups is 1. The van der Waals surface area contributed by atoms with Crippen molar-refractivity contribution in [3.8, 4) is 0 Å². The molecule has 4 nitrogen and oxygen atoms in total. The molecule has 16 heavy (non-hydrogen) atoms. The highest BCUT2D eigenvalue weighted by molar-refractivity contribution is 5.85. The minimum absolute atomic E-state index is 0.137. The van der Waals surface area contributed by atoms with E-state index in [-0.39, 0.29) is 11.3 Å². The van der Waals surface area contributed by atoms with Gasteiger partial charge in [0.25, 0.3) is 0 Å². The smallest absolute Gasteiger partial charge is 0.227 e. The van der Waals surface area contributed by atoms with E-state index in [0.717, 1.165) is 24.9 Å². The molecule has 0 bridgehead atoms. The fraction of sp³-hybridized carbons (Fsp3) is 0.500. The van der Waals surface area contributed by atoms with Crippen LogP contribution in [0.5, 0.6) is 0 Å². The molecule has 0 atom stereocenters. The number of amides is 1. The maximum atomic E-state index is 11.9. The Kier molecular flexibility index (Phi) is 3.19. The molecule has 1 aromatic heterocycles. The van der Waals surface area contributed by atoms with Crippen molar-refractivity contribution in [2.45, 2.75) is 19.4 Å². The number of aromatic nitrogens is 1. The molecule has 0 aliphatic heterocycles. The first kappa shape index (κ1) is 11.1. The lowest BCUT2D eigenvalue weighted by Crippen LogP contribution is -2.37. The Balaban J connectivity index is 1.85. The molecule has 1 heterocycles. The van der Waals surface area contributed by atoms with E-state index < -0.39 is 0 Å². The Bertz CT molecular complexity index is 360. The highest BCUT2D eigenvalue weighted by Crippen LogP contribution is 2.45. The number of hydrogen-bond donors (Lipinski definition) is 2. The monoisotopic (exact) mass is 219 g/mol. The predicted molar refractivity (Wildman–Crippen MR) is 61.7 cm³/mol. The number of rotatable bonds is 5. The number of hydrogen-bond acceptors (Lipinski definition) is 3. The van der Waals surface area contributed by atoms with Gasteiger partial charge in [-0.25, -0.2) is 0 Å². The first-order valence-corrected chi connectivity index (χ1v) is 5.59. The van der Waals surface area contributed by atoms with E-state index in [1.807, 2.05) is 19.2 Å². The third-order valence-corrected chi connectivity index (χ3v) is 3.05. The molecular weight excluding hydrogens is 202 g/mol. The summed E-state index contributed by atoms with van der Waals surface area (Å²) < 4.78 is 0. The zero-order valence-corrected chi connectivity index (χ0v) is 9.49. The Morgan fingerprint density at radius 2 is 2.12 bits per heavy atom. The molecule has 1 saturated carbocycles. The maximum absolute atomic E-state index is 11.9. The fourth-order valence-electron chi connectivity index (χ4n) is 1.84. The van der Waals surface area contributed by atoms with Gasteiger partial charge >= 0.3 is 0 Å². The van der Waals surface area contributed by atoms with E-state index in [4.69, 9.17) is 0 Å². The van der Waals surface area contributed by atoms with Crippen LogP contribution in [0.3, 0.4) is 0 Å². The van der Waals surface area contributed by atoms with Crippen molar-refractivity contribution in [2.75, 3.05) is 13.6 Å². The van der Waals surface area contributed by atoms with E-state index in [1.165, 1.54) is 0 Å². The Morgan fingerprint density at radius 1 is 1.44 bits per heavy atom. The third kappa shape index (κ3) is 2.39. The molecule has 0 aromatic carbocycles. The lowest BCUT2D eigenvalue weighted by molar-refractivity contribution is -0.126. The molecular formula is C12H17N3O. The minimum Gasteiger partial charge on any atom is -0.352 e. The van der Waals surface area contributed by atoms with E-state index in [9.17, 15) is 4.79 Å². The fourth-order valence-corrected chi connectivity index (χ4v) is 1.84. The van der Waals surface area contributed by atoms with Crippen molar-refractivity contribution in [3.05, 3.63) is 30.1 Å². The lowest BCUT2D eigenvalue weighted by Gasteiger charge is -2.14. The second-order valence-corrected chi connectivity index (χ2v) is 4.35. The predicted octanol–water partition coefficient (Wildman–Crippen LogP) is 0.697. The van der Waals surface area contributed by atoms with Crippen molar-refractivity contribution in [1.29, 1.82) is 0 Å². The van der Waals surface area contributed by atoms with Gasteiger partial charge in [0, 0.05) is 25.5 Å². The van der Waals surface area contributed by atoms with Gasteiger partial charge in [-0.2, -0.15) is 0 Å². The number of carbonyl (C=O) groups excluding carboxylic acids is 1. The lowest BCUT2D eigenvalue weighted by atomic mass is 10.1. The van der Waals surface area contributed by atoms with Gasteiger partial charge in [0.05, 0.1) is 5.41 Å². The summed E-state index contributed by atoms with van der Waals surface area (Å²) in [6.45, 7) is 1.36. The van der Waals surface area contributed by atoms with Crippen molar-refractivity contribution < 1.29 is 4.79 Å². The Morgan fingerprint density at radius 3 is 2.69 bits per heavy atom. The van der Waals surface area contributed by atoms with Gasteiger partial charge in [0.1, 0.15) is 0 Å². The normalized spacial score (nSPS) is 16.8. The summed E-state index contributed by atoms with van der Waals surface area (Å²) in [5, 5.41) is 6.06. The Labute approximate surface area is 95.5 Å². The van der Waals surface area contributed by atoms with Crippen molar-refractivity contribution in [3.63, 3.8) is 0 Å². The summed E-state index contributed by atoms with van der Waals surface area (Å²) >= 11 is 0. The molecule has 0 saturated heterocycles. The van der Waals surface area contributed by atoms with E-state index >= 15 is 0 Å². The maximum Gasteiger partial charge on any atom is 0.227 e. The highest BCUT2D eigenvalue weighted by Gasteiger charge is 2.48. The van der Waals surface area contributed by atoms with E-state index in [1.54, 1.807) is 12.4 Å². The highest BCUT2D eigenvalue weighted by atomic mass is 16.2. The average molecular weight is 219 g/mol. The summed E-state index contributed by atoms with van der Waals surface area (Å²) in [6, 6.07) is 3.83. The summed E-state index contributed by atoms with van der Waals surface area (Å²) in [4.78, 5) is 15.9. The van der Waals surface area contributed by atoms with Crippen molar-refractivity contribution in [1.82, 2.24) is 15.6 Å². The van der Waals surface area contributed by atoms with Crippen LogP contribution in [-0.2, 0) is 11.3 Å². The molecule has 0 radical (unpaired) electrons. The SMILES string of the molecule is CNCC1(C(=O)NCc2ccncc2)CC1. The zero-order valence-electron chi connectivity index (χ0n) is 9.49. The average Bonchev–Trinajstić information content (AvgIpc) is 3.09. The van der Waals surface area contributed by atoms with E-state index in [2.05, 4.69) is 15.6 Å². The minimum atomic E-state index is -0.137. The molecule has 86 valence electrons. The molecule has 1 aliphatic rings. The Hall–Kier alpha value is -1.42. The van der Waals surface area contributed by atoms with Crippen LogP contribution in [0.2, 0.25) is 0 Å². The zero-order chi connectivity index (χ0) is 11.4. The van der Waals surface area contributed by atoms with Gasteiger partial charge in [-0.1, -0.05) is 0 Å². The van der Waals surface area contributed by atoms with Crippen LogP contribution in [0.1, 0.15) is 18.4 Å². The molecule has 1 aromatic rings. The summed E-state index contributed by atoms with van der Waals surface area (Å²) in [6.07, 6.45) is 5.47. The van der Waals surface area contributed by atoms with Crippen LogP contribution in [0, 0.1) is 5.41 Å². The van der Waals surface area contributed by atoms with Gasteiger partial charge in [-0.05, 0) is 37.6 Å². The van der Waals surface area contributed by atoms with Gasteiger partial charge in [0.2, 0.25) is 5.91 Å². The largest absolute Gasteiger partial charge is 0.352 e. The number of nitrogens with one attached hydrogen (secondary N) is 2. The molecule has 1 aliphatic carbocycles. The standard InChI is InChI=1S/C12H17N3O/c1-13-9-12(4-5-12)11(16)15-8-10-2-6-14-7-3-10/h2-3,6-7,13H,4-5,8-9H2,1H3,(H,15,16). The summed E-state index contributed by atoms with van der Waals surface area (Å²) in [5.74, 6) is 0.165. The number of pyridine rings is 1. The second kappa shape index (κ2) is 4.61. The van der Waals surface area contributed by atoms with Gasteiger partial charge in [-0.15, -0.1) is 0 Å². The van der Waals surface area contributed by atoms with Crippen LogP contribution in [0.4, 0.5) is 0 Å². The number of nitrogens with zero attached hydrogens (tertiary/aromatic N) is 1. The quantitative estimate of drug-likeness (QED) is 0.766. The molecule has 0 spiro atoms. The summed E-state index contributed by atoms with van der Waals surface area (Å²) in [7, 11) is 1.89. The first-order chi connectivity index (χ1) is 7.77. The van der Waals surface area contributed by atoms with Crippen molar-refractivity contribution in [2.24, 2.45) is 5.41 Å². The van der Waals surface area contributed by atoms with Crippen LogP contribution in [-0.4, -0.2) is 24.5 Å². The molecule has 1 fully saturated rings. The summed E-state index contributed by atoms with van der Waals surface area (Å²) in [5.41, 5.74) is 0.950. The molecule has 1 amide bonds. The van der Waals surface area contributed by atoms with Crippen LogP contribution in [0.15, 0.2) is 24.5 Å². The molecule has 2 N–H and O–H groups in total. The molecule has 2 rings (SSSR count). The second-order valence-electron chi connectivity index (χ2n) is 4.35. The topological polar surface area (TPSA) is 54.0 Å². The molecule has 4 heteroatoms. The van der Waals surface area contributed by atoms with Crippen LogP contribution < -0.4 is 10.6 Å². The van der Waals surface area contributed by atoms with Crippen LogP contribution >= 0.6 is 0 Å². The third-order valence-electron chi connectivity index (χ3n) is 3.05. The van der Waals surface area contributed by atoms with Gasteiger partial charge < -0.3 is 10.6 Å². The van der Waals surface area contributed by atoms with Gasteiger partial charge in [-0.3, -0.25) is 9.78 Å². The molecule has 0 unspecified atom stereocenters. The first-order valence-electron chi connectivity index (χ1n) is 5.59. The van der Waals surface area contributed by atoms with Gasteiger partial charge in [0.15, 0.2) is 0 Å². The van der Waals surface area contributed by atoms with E-state index in [0.29, 0.717) is 6.54 Å². The van der Waals surface area contributed by atoms with Crippen LogP contribution in [0.25, 0.3) is 0 Å². The van der Waals surface area contributed by atoms with Crippen molar-refractivity contribution >= 4 is 5.91 Å².